The van der Waals surface area contributed by atoms with Crippen LogP contribution in [0, 0.1) is 0 Å². The smallest absolute Gasteiger partial charge is 0.504 e. The Morgan fingerprint density at radius 1 is 1.45 bits per heavy atom. The van der Waals surface area contributed by atoms with Crippen molar-refractivity contribution in [2.45, 2.75) is 6.36 Å². The number of ether oxygens (including phenoxy) is 1. The SMILES string of the molecule is Oc1ccsc1OC(F)(F)F. The zero-order valence-corrected chi connectivity index (χ0v) is 5.87. The molecule has 2 nitrogen and oxygen atoms in total. The maximum Gasteiger partial charge on any atom is 0.573 e. The van der Waals surface area contributed by atoms with Gasteiger partial charge in [0.15, 0.2) is 5.75 Å². The predicted octanol–water partition coefficient (Wildman–Crippen LogP) is 2.35. The predicted molar refractivity (Wildman–Crippen MR) is 32.7 cm³/mol. The lowest BCUT2D eigenvalue weighted by Crippen LogP contribution is -2.16. The third-order valence-corrected chi connectivity index (χ3v) is 1.60. The van der Waals surface area contributed by atoms with Gasteiger partial charge in [0.1, 0.15) is 0 Å². The number of alkyl halides is 3. The number of hydrogen-bond donors (Lipinski definition) is 1. The third kappa shape index (κ3) is 2.30. The van der Waals surface area contributed by atoms with Crippen LogP contribution in [-0.4, -0.2) is 11.5 Å². The summed E-state index contributed by atoms with van der Waals surface area (Å²) < 4.78 is 37.9. The van der Waals surface area contributed by atoms with Gasteiger partial charge in [-0.2, -0.15) is 0 Å². The summed E-state index contributed by atoms with van der Waals surface area (Å²) >= 11 is 0.684. The zero-order chi connectivity index (χ0) is 8.48. The number of thiophene rings is 1. The van der Waals surface area contributed by atoms with Gasteiger partial charge in [0.2, 0.25) is 5.06 Å². The van der Waals surface area contributed by atoms with Crippen molar-refractivity contribution in [1.29, 1.82) is 0 Å². The largest absolute Gasteiger partial charge is 0.573 e. The molecule has 0 aromatic carbocycles. The fraction of sp³-hybridized carbons (Fsp3) is 0.200. The van der Waals surface area contributed by atoms with Gasteiger partial charge in [-0.15, -0.1) is 24.5 Å². The van der Waals surface area contributed by atoms with Crippen molar-refractivity contribution in [3.63, 3.8) is 0 Å². The first-order chi connectivity index (χ1) is 4.99. The first-order valence-electron chi connectivity index (χ1n) is 2.51. The van der Waals surface area contributed by atoms with Crippen molar-refractivity contribution in [3.05, 3.63) is 11.4 Å². The van der Waals surface area contributed by atoms with Gasteiger partial charge in [-0.25, -0.2) is 0 Å². The molecular weight excluding hydrogens is 181 g/mol. The molecule has 0 radical (unpaired) electrons. The molecule has 62 valence electrons. The molecule has 0 spiro atoms. The van der Waals surface area contributed by atoms with E-state index in [0.29, 0.717) is 11.3 Å². The Morgan fingerprint density at radius 2 is 2.09 bits per heavy atom. The minimum absolute atomic E-state index is 0.493. The highest BCUT2D eigenvalue weighted by molar-refractivity contribution is 7.12. The van der Waals surface area contributed by atoms with E-state index in [-0.39, 0.29) is 0 Å². The second-order valence-corrected chi connectivity index (χ2v) is 2.52. The molecule has 11 heavy (non-hydrogen) atoms. The lowest BCUT2D eigenvalue weighted by molar-refractivity contribution is -0.273. The van der Waals surface area contributed by atoms with E-state index < -0.39 is 17.2 Å². The van der Waals surface area contributed by atoms with Gasteiger partial charge in [-0.3, -0.25) is 0 Å². The van der Waals surface area contributed by atoms with E-state index in [9.17, 15) is 13.2 Å². The normalized spacial score (nSPS) is 11.5. The Labute approximate surface area is 63.8 Å². The molecular formula is C5H3F3O2S. The summed E-state index contributed by atoms with van der Waals surface area (Å²) in [7, 11) is 0. The molecule has 0 saturated carbocycles. The fourth-order valence-corrected chi connectivity index (χ4v) is 1.12. The van der Waals surface area contributed by atoms with Gasteiger partial charge in [0, 0.05) is 0 Å². The van der Waals surface area contributed by atoms with E-state index >= 15 is 0 Å². The zero-order valence-electron chi connectivity index (χ0n) is 5.05. The first-order valence-corrected chi connectivity index (χ1v) is 3.39. The fourth-order valence-electron chi connectivity index (χ4n) is 0.470. The van der Waals surface area contributed by atoms with Crippen molar-refractivity contribution >= 4 is 11.3 Å². The van der Waals surface area contributed by atoms with Crippen LogP contribution in [0.25, 0.3) is 0 Å². The molecule has 1 aromatic heterocycles. The van der Waals surface area contributed by atoms with Crippen LogP contribution in [0.2, 0.25) is 0 Å². The molecule has 1 heterocycles. The van der Waals surface area contributed by atoms with Crippen molar-refractivity contribution in [1.82, 2.24) is 0 Å². The average Bonchev–Trinajstić information content (AvgIpc) is 2.12. The Balaban J connectivity index is 2.72. The van der Waals surface area contributed by atoms with Crippen LogP contribution < -0.4 is 4.74 Å². The van der Waals surface area contributed by atoms with Crippen LogP contribution in [0.5, 0.6) is 10.8 Å². The van der Waals surface area contributed by atoms with Gasteiger partial charge in [0.05, 0.1) is 0 Å². The van der Waals surface area contributed by atoms with E-state index in [1.165, 1.54) is 5.38 Å². The molecule has 1 rings (SSSR count). The minimum Gasteiger partial charge on any atom is -0.504 e. The molecule has 0 aliphatic rings. The lowest BCUT2D eigenvalue weighted by Gasteiger charge is -2.05. The highest BCUT2D eigenvalue weighted by atomic mass is 32.1. The monoisotopic (exact) mass is 184 g/mol. The first kappa shape index (κ1) is 8.19. The highest BCUT2D eigenvalue weighted by Gasteiger charge is 2.32. The summed E-state index contributed by atoms with van der Waals surface area (Å²) in [5, 5.41) is 9.47. The Bertz CT molecular complexity index is 242. The quantitative estimate of drug-likeness (QED) is 0.725. The van der Waals surface area contributed by atoms with E-state index in [0.717, 1.165) is 6.07 Å². The Kier molecular flexibility index (Phi) is 1.95. The topological polar surface area (TPSA) is 29.5 Å². The van der Waals surface area contributed by atoms with Crippen LogP contribution in [0.15, 0.2) is 11.4 Å². The van der Waals surface area contributed by atoms with Crippen molar-refractivity contribution < 1.29 is 23.0 Å². The molecule has 1 aromatic rings. The maximum absolute atomic E-state index is 11.5. The molecule has 6 heteroatoms. The number of aromatic hydroxyl groups is 1. The molecule has 0 saturated heterocycles. The van der Waals surface area contributed by atoms with Crippen molar-refractivity contribution in [3.8, 4) is 10.8 Å². The molecule has 1 N–H and O–H groups in total. The molecule has 0 atom stereocenters. The van der Waals surface area contributed by atoms with Crippen molar-refractivity contribution in [2.24, 2.45) is 0 Å². The van der Waals surface area contributed by atoms with Crippen LogP contribution in [0.1, 0.15) is 0 Å². The van der Waals surface area contributed by atoms with Crippen LogP contribution in [0.4, 0.5) is 13.2 Å². The summed E-state index contributed by atoms with van der Waals surface area (Å²) in [6.07, 6.45) is -4.73. The standard InChI is InChI=1S/C5H3F3O2S/c6-5(7,8)10-4-3(9)1-2-11-4/h1-2,9H. The third-order valence-electron chi connectivity index (χ3n) is 0.819. The summed E-state index contributed by atoms with van der Waals surface area (Å²) in [4.78, 5) is 0. The van der Waals surface area contributed by atoms with Gasteiger partial charge in [-0.05, 0) is 11.4 Å². The molecule has 0 aliphatic carbocycles. The average molecular weight is 184 g/mol. The number of rotatable bonds is 1. The van der Waals surface area contributed by atoms with Crippen molar-refractivity contribution in [2.75, 3.05) is 0 Å². The van der Waals surface area contributed by atoms with Crippen LogP contribution >= 0.6 is 11.3 Å². The number of hydrogen-bond acceptors (Lipinski definition) is 3. The molecule has 0 aliphatic heterocycles. The second kappa shape index (κ2) is 2.61. The van der Waals surface area contributed by atoms with Crippen LogP contribution in [0.3, 0.4) is 0 Å². The second-order valence-electron chi connectivity index (χ2n) is 1.64. The highest BCUT2D eigenvalue weighted by Crippen LogP contribution is 2.36. The van der Waals surface area contributed by atoms with Gasteiger partial charge >= 0.3 is 6.36 Å². The summed E-state index contributed by atoms with van der Waals surface area (Å²) in [6, 6.07) is 1.13. The summed E-state index contributed by atoms with van der Waals surface area (Å²) in [6.45, 7) is 0. The Hall–Kier alpha value is -0.910. The number of halogens is 3. The van der Waals surface area contributed by atoms with Crippen LogP contribution in [-0.2, 0) is 0 Å². The summed E-state index contributed by atoms with van der Waals surface area (Å²) in [5.74, 6) is -0.493. The van der Waals surface area contributed by atoms with Gasteiger partial charge in [0.25, 0.3) is 0 Å². The summed E-state index contributed by atoms with van der Waals surface area (Å²) in [5.41, 5.74) is 0. The molecule has 0 fully saturated rings. The van der Waals surface area contributed by atoms with E-state index in [4.69, 9.17) is 5.11 Å². The Morgan fingerprint density at radius 3 is 2.45 bits per heavy atom. The van der Waals surface area contributed by atoms with E-state index in [2.05, 4.69) is 4.74 Å². The lowest BCUT2D eigenvalue weighted by atomic mass is 10.6. The van der Waals surface area contributed by atoms with E-state index in [1.54, 1.807) is 0 Å². The van der Waals surface area contributed by atoms with E-state index in [1.807, 2.05) is 0 Å². The minimum atomic E-state index is -4.73. The maximum atomic E-state index is 11.5. The van der Waals surface area contributed by atoms with Gasteiger partial charge < -0.3 is 9.84 Å². The molecule has 0 amide bonds. The van der Waals surface area contributed by atoms with Gasteiger partial charge in [-0.1, -0.05) is 0 Å². The molecule has 0 unspecified atom stereocenters. The molecule has 0 bridgehead atoms.